The Hall–Kier alpha value is -2.95. The molecule has 0 radical (unpaired) electrons. The molecule has 0 amide bonds. The van der Waals surface area contributed by atoms with Gasteiger partial charge in [0.2, 0.25) is 17.1 Å². The Morgan fingerprint density at radius 2 is 1.84 bits per heavy atom. The van der Waals surface area contributed by atoms with E-state index >= 15 is 0 Å². The van der Waals surface area contributed by atoms with Crippen molar-refractivity contribution in [1.82, 2.24) is 4.98 Å². The van der Waals surface area contributed by atoms with Gasteiger partial charge < -0.3 is 9.47 Å². The molecule has 1 saturated carbocycles. The summed E-state index contributed by atoms with van der Waals surface area (Å²) in [6.45, 7) is 0. The third-order valence-electron chi connectivity index (χ3n) is 5.83. The van der Waals surface area contributed by atoms with Gasteiger partial charge in [0.05, 0.1) is 24.1 Å². The number of aromatic nitrogens is 1. The van der Waals surface area contributed by atoms with Gasteiger partial charge in [-0.2, -0.15) is 15.8 Å². The normalized spacial score (nSPS) is 37.7. The van der Waals surface area contributed by atoms with Crippen LogP contribution < -0.4 is 0 Å². The van der Waals surface area contributed by atoms with E-state index in [4.69, 9.17) is 14.9 Å². The minimum absolute atomic E-state index is 0.318. The van der Waals surface area contributed by atoms with E-state index in [-0.39, 0.29) is 5.90 Å². The molecule has 0 spiro atoms. The molecule has 25 heavy (non-hydrogen) atoms. The average molecular weight is 333 g/mol. The SMILES string of the molecule is N#CC1(C#N)[C@H](c2ccncc2)O[C@@]23CCCC[C@H]2[C@]1(C#N)C(=N)O3. The Morgan fingerprint density at radius 3 is 2.48 bits per heavy atom. The molecule has 4 rings (SSSR count). The Kier molecular flexibility index (Phi) is 3.13. The van der Waals surface area contributed by atoms with Gasteiger partial charge in [-0.25, -0.2) is 0 Å². The standard InChI is InChI=1S/C18H15N5O2/c19-9-16(10-20)14(12-4-7-23-8-5-12)24-18-6-2-1-3-13(18)17(16,11-21)15(22)25-18/h4-5,7-8,13-14,22H,1-3,6H2/t13-,14-,17+,18+/m0/s1. The molecule has 7 nitrogen and oxygen atoms in total. The Balaban J connectivity index is 2.01. The van der Waals surface area contributed by atoms with Crippen LogP contribution in [0.2, 0.25) is 0 Å². The van der Waals surface area contributed by atoms with Gasteiger partial charge in [0, 0.05) is 18.8 Å². The molecule has 1 aliphatic carbocycles. The zero-order chi connectivity index (χ0) is 17.7. The van der Waals surface area contributed by atoms with Gasteiger partial charge >= 0.3 is 0 Å². The van der Waals surface area contributed by atoms with Crippen LogP contribution in [0.5, 0.6) is 0 Å². The first-order valence-electron chi connectivity index (χ1n) is 8.20. The number of nitriles is 3. The second kappa shape index (κ2) is 5.02. The first kappa shape index (κ1) is 15.6. The first-order valence-corrected chi connectivity index (χ1v) is 8.20. The Bertz CT molecular complexity index is 850. The molecule has 1 aromatic heterocycles. The molecule has 3 fully saturated rings. The molecule has 1 N–H and O–H groups in total. The number of nitrogens with zero attached hydrogens (tertiary/aromatic N) is 4. The lowest BCUT2D eigenvalue weighted by Gasteiger charge is -2.51. The van der Waals surface area contributed by atoms with Crippen LogP contribution in [-0.2, 0) is 9.47 Å². The van der Waals surface area contributed by atoms with Crippen molar-refractivity contribution in [2.75, 3.05) is 0 Å². The summed E-state index contributed by atoms with van der Waals surface area (Å²) in [5.74, 6) is -1.93. The highest BCUT2D eigenvalue weighted by Gasteiger charge is 2.80. The molecule has 7 heteroatoms. The highest BCUT2D eigenvalue weighted by Crippen LogP contribution is 2.69. The average Bonchev–Trinajstić information content (AvgIpc) is 2.87. The van der Waals surface area contributed by atoms with Gasteiger partial charge in [0.25, 0.3) is 0 Å². The smallest absolute Gasteiger partial charge is 0.217 e. The van der Waals surface area contributed by atoms with Crippen molar-refractivity contribution in [3.8, 4) is 18.2 Å². The second-order valence-electron chi connectivity index (χ2n) is 6.77. The highest BCUT2D eigenvalue weighted by atomic mass is 16.7. The number of rotatable bonds is 1. The fourth-order valence-electron chi connectivity index (χ4n) is 4.70. The lowest BCUT2D eigenvalue weighted by atomic mass is 9.51. The van der Waals surface area contributed by atoms with E-state index in [1.165, 1.54) is 0 Å². The number of hydrogen-bond donors (Lipinski definition) is 1. The Labute approximate surface area is 144 Å². The summed E-state index contributed by atoms with van der Waals surface area (Å²) in [6.07, 6.45) is 4.94. The topological polar surface area (TPSA) is 127 Å². The quantitative estimate of drug-likeness (QED) is 0.841. The van der Waals surface area contributed by atoms with Gasteiger partial charge in [0.1, 0.15) is 6.10 Å². The predicted molar refractivity (Wildman–Crippen MR) is 83.3 cm³/mol. The molecule has 2 aliphatic heterocycles. The van der Waals surface area contributed by atoms with Crippen molar-refractivity contribution in [2.24, 2.45) is 16.7 Å². The van der Waals surface area contributed by atoms with Gasteiger partial charge in [-0.3, -0.25) is 10.4 Å². The van der Waals surface area contributed by atoms with Crippen LogP contribution in [0.25, 0.3) is 0 Å². The molecule has 2 saturated heterocycles. The molecule has 1 aromatic rings. The number of hydrogen-bond acceptors (Lipinski definition) is 7. The summed E-state index contributed by atoms with van der Waals surface area (Å²) in [5.41, 5.74) is -2.91. The monoisotopic (exact) mass is 333 g/mol. The maximum atomic E-state index is 10.1. The molecule has 2 bridgehead atoms. The summed E-state index contributed by atoms with van der Waals surface area (Å²) in [5, 5.41) is 38.5. The van der Waals surface area contributed by atoms with Gasteiger partial charge in [-0.15, -0.1) is 0 Å². The third-order valence-corrected chi connectivity index (χ3v) is 5.83. The predicted octanol–water partition coefficient (Wildman–Crippen LogP) is 2.59. The van der Waals surface area contributed by atoms with Crippen molar-refractivity contribution in [1.29, 1.82) is 21.2 Å². The van der Waals surface area contributed by atoms with Gasteiger partial charge in [-0.05, 0) is 30.5 Å². The van der Waals surface area contributed by atoms with Crippen LogP contribution in [0.3, 0.4) is 0 Å². The van der Waals surface area contributed by atoms with E-state index in [1.54, 1.807) is 24.5 Å². The van der Waals surface area contributed by atoms with Crippen LogP contribution in [0, 0.1) is 56.2 Å². The van der Waals surface area contributed by atoms with Crippen molar-refractivity contribution < 1.29 is 9.47 Å². The fourth-order valence-corrected chi connectivity index (χ4v) is 4.70. The molecule has 3 aliphatic rings. The lowest BCUT2D eigenvalue weighted by Crippen LogP contribution is -2.60. The molecule has 124 valence electrons. The van der Waals surface area contributed by atoms with Gasteiger partial charge in [-0.1, -0.05) is 6.42 Å². The summed E-state index contributed by atoms with van der Waals surface area (Å²) in [4.78, 5) is 3.97. The summed E-state index contributed by atoms with van der Waals surface area (Å²) < 4.78 is 12.1. The van der Waals surface area contributed by atoms with Crippen LogP contribution >= 0.6 is 0 Å². The fraction of sp³-hybridized carbons (Fsp3) is 0.500. The van der Waals surface area contributed by atoms with E-state index in [0.29, 0.717) is 18.4 Å². The van der Waals surface area contributed by atoms with E-state index in [9.17, 15) is 15.8 Å². The Morgan fingerprint density at radius 1 is 1.12 bits per heavy atom. The molecular formula is C18H15N5O2. The van der Waals surface area contributed by atoms with E-state index < -0.39 is 28.6 Å². The zero-order valence-corrected chi connectivity index (χ0v) is 13.4. The van der Waals surface area contributed by atoms with Crippen LogP contribution in [0.15, 0.2) is 24.5 Å². The van der Waals surface area contributed by atoms with E-state index in [1.807, 2.05) is 12.1 Å². The largest absolute Gasteiger partial charge is 0.447 e. The van der Waals surface area contributed by atoms with Crippen molar-refractivity contribution in [3.05, 3.63) is 30.1 Å². The van der Waals surface area contributed by atoms with E-state index in [2.05, 4.69) is 11.1 Å². The molecular weight excluding hydrogens is 318 g/mol. The van der Waals surface area contributed by atoms with Crippen LogP contribution in [-0.4, -0.2) is 16.7 Å². The summed E-state index contributed by atoms with van der Waals surface area (Å²) in [6, 6.07) is 9.58. The minimum Gasteiger partial charge on any atom is -0.447 e. The molecule has 0 unspecified atom stereocenters. The lowest BCUT2D eigenvalue weighted by molar-refractivity contribution is -0.294. The molecule has 4 atom stereocenters. The van der Waals surface area contributed by atoms with Crippen LogP contribution in [0.1, 0.15) is 37.4 Å². The van der Waals surface area contributed by atoms with Crippen LogP contribution in [0.4, 0.5) is 0 Å². The first-order chi connectivity index (χ1) is 12.1. The third kappa shape index (κ3) is 1.60. The van der Waals surface area contributed by atoms with Crippen molar-refractivity contribution >= 4 is 5.90 Å². The zero-order valence-electron chi connectivity index (χ0n) is 13.4. The summed E-state index contributed by atoms with van der Waals surface area (Å²) in [7, 11) is 0. The molecule has 3 heterocycles. The molecule has 0 aromatic carbocycles. The maximum absolute atomic E-state index is 10.1. The number of ether oxygens (including phenoxy) is 2. The highest BCUT2D eigenvalue weighted by molar-refractivity contribution is 5.89. The van der Waals surface area contributed by atoms with E-state index in [0.717, 1.165) is 12.8 Å². The maximum Gasteiger partial charge on any atom is 0.217 e. The van der Waals surface area contributed by atoms with Gasteiger partial charge in [0.15, 0.2) is 5.41 Å². The van der Waals surface area contributed by atoms with Crippen molar-refractivity contribution in [2.45, 2.75) is 37.6 Å². The minimum atomic E-state index is -1.86. The number of nitrogens with one attached hydrogen (secondary N) is 1. The number of pyridine rings is 1. The van der Waals surface area contributed by atoms with Crippen molar-refractivity contribution in [3.63, 3.8) is 0 Å². The summed E-state index contributed by atoms with van der Waals surface area (Å²) >= 11 is 0. The second-order valence-corrected chi connectivity index (χ2v) is 6.77.